The summed E-state index contributed by atoms with van der Waals surface area (Å²) in [5.74, 6) is -0.223. The molecule has 3 rings (SSSR count). The van der Waals surface area contributed by atoms with Crippen molar-refractivity contribution in [2.75, 3.05) is 5.32 Å². The molecule has 102 valence electrons. The Balaban J connectivity index is 0.00000147. The summed E-state index contributed by atoms with van der Waals surface area (Å²) in [5.41, 5.74) is 2.22. The van der Waals surface area contributed by atoms with Gasteiger partial charge in [0.1, 0.15) is 0 Å². The third kappa shape index (κ3) is 2.70. The van der Waals surface area contributed by atoms with Gasteiger partial charge in [0.2, 0.25) is 0 Å². The summed E-state index contributed by atoms with van der Waals surface area (Å²) in [4.78, 5) is 32.2. The van der Waals surface area contributed by atoms with Crippen LogP contribution in [0.3, 0.4) is 0 Å². The van der Waals surface area contributed by atoms with Gasteiger partial charge in [0.05, 0.1) is 11.0 Å². The Morgan fingerprint density at radius 3 is 2.50 bits per heavy atom. The van der Waals surface area contributed by atoms with Crippen LogP contribution >= 0.6 is 12.4 Å². The quantitative estimate of drug-likeness (QED) is 0.673. The molecule has 0 saturated carbocycles. The second kappa shape index (κ2) is 5.58. The number of fused-ring (bicyclic) bond motifs is 1. The number of H-pyrrole nitrogens is 2. The first-order chi connectivity index (χ1) is 9.22. The van der Waals surface area contributed by atoms with Crippen molar-refractivity contribution in [3.63, 3.8) is 0 Å². The monoisotopic (exact) mass is 290 g/mol. The normalized spacial score (nSPS) is 10.0. The highest BCUT2D eigenvalue weighted by Gasteiger charge is 2.06. The summed E-state index contributed by atoms with van der Waals surface area (Å²) in [7, 11) is 0. The standard InChI is InChI=1S/C13H10N4O2.ClH/c18-12(8-3-5-14-6-4-8)15-9-1-2-10-11(7-9)17-13(19)16-10;/h1-7H,(H,15,18)(H2,16,17,19);1H. The summed E-state index contributed by atoms with van der Waals surface area (Å²) >= 11 is 0. The molecule has 0 atom stereocenters. The molecule has 0 fully saturated rings. The molecule has 0 radical (unpaired) electrons. The number of pyridine rings is 1. The highest BCUT2D eigenvalue weighted by Crippen LogP contribution is 2.15. The van der Waals surface area contributed by atoms with E-state index in [1.165, 1.54) is 0 Å². The molecule has 3 N–H and O–H groups in total. The van der Waals surface area contributed by atoms with Crippen molar-refractivity contribution in [2.45, 2.75) is 0 Å². The molecule has 0 aliphatic heterocycles. The van der Waals surface area contributed by atoms with E-state index in [-0.39, 0.29) is 24.0 Å². The van der Waals surface area contributed by atoms with Crippen molar-refractivity contribution in [3.05, 3.63) is 58.8 Å². The van der Waals surface area contributed by atoms with Gasteiger partial charge in [0.25, 0.3) is 5.91 Å². The zero-order chi connectivity index (χ0) is 13.2. The summed E-state index contributed by atoms with van der Waals surface area (Å²) in [6.07, 6.45) is 3.11. The maximum absolute atomic E-state index is 11.9. The number of amides is 1. The van der Waals surface area contributed by atoms with Crippen molar-refractivity contribution in [1.29, 1.82) is 0 Å². The van der Waals surface area contributed by atoms with E-state index in [1.807, 2.05) is 0 Å². The second-order valence-corrected chi connectivity index (χ2v) is 4.03. The molecule has 7 heteroatoms. The number of nitrogens with zero attached hydrogens (tertiary/aromatic N) is 1. The fourth-order valence-electron chi connectivity index (χ4n) is 1.82. The topological polar surface area (TPSA) is 90.6 Å². The minimum atomic E-state index is -0.271. The molecule has 0 aliphatic carbocycles. The van der Waals surface area contributed by atoms with Crippen LogP contribution in [0.5, 0.6) is 0 Å². The Hall–Kier alpha value is -2.60. The van der Waals surface area contributed by atoms with E-state index in [0.717, 1.165) is 0 Å². The zero-order valence-corrected chi connectivity index (χ0v) is 11.0. The predicted molar refractivity (Wildman–Crippen MR) is 78.4 cm³/mol. The Kier molecular flexibility index (Phi) is 3.86. The lowest BCUT2D eigenvalue weighted by Gasteiger charge is -2.04. The van der Waals surface area contributed by atoms with Crippen LogP contribution < -0.4 is 11.0 Å². The van der Waals surface area contributed by atoms with Gasteiger partial charge in [0, 0.05) is 23.6 Å². The molecule has 0 bridgehead atoms. The maximum Gasteiger partial charge on any atom is 0.323 e. The minimum Gasteiger partial charge on any atom is -0.322 e. The summed E-state index contributed by atoms with van der Waals surface area (Å²) in [6, 6.07) is 8.42. The number of imidazole rings is 1. The van der Waals surface area contributed by atoms with Gasteiger partial charge in [-0.25, -0.2) is 4.79 Å². The summed E-state index contributed by atoms with van der Waals surface area (Å²) in [6.45, 7) is 0. The number of anilines is 1. The molecule has 6 nitrogen and oxygen atoms in total. The van der Waals surface area contributed by atoms with E-state index in [2.05, 4.69) is 20.3 Å². The van der Waals surface area contributed by atoms with Crippen LogP contribution in [-0.2, 0) is 0 Å². The van der Waals surface area contributed by atoms with Gasteiger partial charge < -0.3 is 15.3 Å². The number of aromatic nitrogens is 3. The van der Waals surface area contributed by atoms with E-state index < -0.39 is 0 Å². The van der Waals surface area contributed by atoms with Gasteiger partial charge in [0.15, 0.2) is 0 Å². The molecule has 0 aliphatic rings. The molecule has 2 heterocycles. The molecular weight excluding hydrogens is 280 g/mol. The average molecular weight is 291 g/mol. The van der Waals surface area contributed by atoms with Crippen molar-refractivity contribution < 1.29 is 4.79 Å². The lowest BCUT2D eigenvalue weighted by Crippen LogP contribution is -2.11. The van der Waals surface area contributed by atoms with Crippen molar-refractivity contribution >= 4 is 35.0 Å². The molecule has 2 aromatic heterocycles. The fraction of sp³-hybridized carbons (Fsp3) is 0. The highest BCUT2D eigenvalue weighted by atomic mass is 35.5. The van der Waals surface area contributed by atoms with Crippen LogP contribution in [0.15, 0.2) is 47.5 Å². The van der Waals surface area contributed by atoms with E-state index in [4.69, 9.17) is 0 Å². The number of carbonyl (C=O) groups excluding carboxylic acids is 1. The smallest absolute Gasteiger partial charge is 0.322 e. The number of aromatic amines is 2. The number of nitrogens with one attached hydrogen (secondary N) is 3. The Labute approximate surface area is 119 Å². The molecule has 1 aromatic carbocycles. The SMILES string of the molecule is Cl.O=C(Nc1ccc2[nH]c(=O)[nH]c2c1)c1ccncc1. The Morgan fingerprint density at radius 1 is 1.05 bits per heavy atom. The first-order valence-corrected chi connectivity index (χ1v) is 5.66. The molecule has 3 aromatic rings. The lowest BCUT2D eigenvalue weighted by atomic mass is 10.2. The number of benzene rings is 1. The lowest BCUT2D eigenvalue weighted by molar-refractivity contribution is 0.102. The van der Waals surface area contributed by atoms with E-state index in [9.17, 15) is 9.59 Å². The number of hydrogen-bond acceptors (Lipinski definition) is 3. The number of halogens is 1. The summed E-state index contributed by atoms with van der Waals surface area (Å²) < 4.78 is 0. The van der Waals surface area contributed by atoms with E-state index in [0.29, 0.717) is 22.3 Å². The zero-order valence-electron chi connectivity index (χ0n) is 10.2. The molecule has 0 saturated heterocycles. The Morgan fingerprint density at radius 2 is 1.75 bits per heavy atom. The van der Waals surface area contributed by atoms with Gasteiger partial charge in [-0.15, -0.1) is 12.4 Å². The average Bonchev–Trinajstić information content (AvgIpc) is 2.79. The largest absolute Gasteiger partial charge is 0.323 e. The first kappa shape index (κ1) is 13.8. The molecular formula is C13H11ClN4O2. The third-order valence-electron chi connectivity index (χ3n) is 2.72. The van der Waals surface area contributed by atoms with Gasteiger partial charge in [-0.05, 0) is 30.3 Å². The first-order valence-electron chi connectivity index (χ1n) is 5.66. The van der Waals surface area contributed by atoms with Crippen molar-refractivity contribution in [1.82, 2.24) is 15.0 Å². The van der Waals surface area contributed by atoms with Crippen LogP contribution in [-0.4, -0.2) is 20.9 Å². The molecule has 0 unspecified atom stereocenters. The van der Waals surface area contributed by atoms with Gasteiger partial charge in [-0.2, -0.15) is 0 Å². The minimum absolute atomic E-state index is 0. The van der Waals surface area contributed by atoms with Crippen LogP contribution in [0.25, 0.3) is 11.0 Å². The van der Waals surface area contributed by atoms with Crippen molar-refractivity contribution in [2.24, 2.45) is 0 Å². The number of carbonyl (C=O) groups is 1. The Bertz CT molecular complexity index is 795. The number of rotatable bonds is 2. The number of hydrogen-bond donors (Lipinski definition) is 3. The second-order valence-electron chi connectivity index (χ2n) is 4.03. The predicted octanol–water partition coefficient (Wildman–Crippen LogP) is 1.93. The maximum atomic E-state index is 11.9. The van der Waals surface area contributed by atoms with E-state index >= 15 is 0 Å². The third-order valence-corrected chi connectivity index (χ3v) is 2.72. The van der Waals surface area contributed by atoms with Crippen LogP contribution in [0.2, 0.25) is 0 Å². The van der Waals surface area contributed by atoms with Crippen LogP contribution in [0.1, 0.15) is 10.4 Å². The van der Waals surface area contributed by atoms with Crippen molar-refractivity contribution in [3.8, 4) is 0 Å². The van der Waals surface area contributed by atoms with Crippen LogP contribution in [0, 0.1) is 0 Å². The van der Waals surface area contributed by atoms with Gasteiger partial charge in [-0.3, -0.25) is 9.78 Å². The highest BCUT2D eigenvalue weighted by molar-refractivity contribution is 6.04. The van der Waals surface area contributed by atoms with Gasteiger partial charge in [-0.1, -0.05) is 0 Å². The van der Waals surface area contributed by atoms with E-state index in [1.54, 1.807) is 42.7 Å². The molecule has 1 amide bonds. The fourth-order valence-corrected chi connectivity index (χ4v) is 1.82. The van der Waals surface area contributed by atoms with Gasteiger partial charge >= 0.3 is 5.69 Å². The molecule has 0 spiro atoms. The summed E-state index contributed by atoms with van der Waals surface area (Å²) in [5, 5.41) is 2.76. The molecule has 20 heavy (non-hydrogen) atoms. The van der Waals surface area contributed by atoms with Crippen LogP contribution in [0.4, 0.5) is 5.69 Å².